The Hall–Kier alpha value is -2.62. The Bertz CT molecular complexity index is 1070. The van der Waals surface area contributed by atoms with Crippen LogP contribution in [0.2, 0.25) is 0 Å². The van der Waals surface area contributed by atoms with Gasteiger partial charge in [-0.3, -0.25) is 0 Å². The van der Waals surface area contributed by atoms with Gasteiger partial charge in [-0.1, -0.05) is 91.0 Å². The zero-order chi connectivity index (χ0) is 26.1. The van der Waals surface area contributed by atoms with Crippen LogP contribution in [0.5, 0.6) is 0 Å². The molecule has 2 aliphatic heterocycles. The van der Waals surface area contributed by atoms with Gasteiger partial charge in [0, 0.05) is 11.1 Å². The number of aliphatic hydroxyl groups excluding tert-OH is 1. The van der Waals surface area contributed by atoms with Crippen molar-refractivity contribution in [2.45, 2.75) is 19.2 Å². The molecule has 3 aromatic carbocycles. The average molecular weight is 521 g/mol. The lowest BCUT2D eigenvalue weighted by Crippen LogP contribution is -2.49. The van der Waals surface area contributed by atoms with Crippen LogP contribution in [0, 0.1) is 10.8 Å². The van der Waals surface area contributed by atoms with Crippen LogP contribution in [0.1, 0.15) is 29.3 Å². The van der Waals surface area contributed by atoms with Crippen molar-refractivity contribution in [3.8, 4) is 0 Å². The minimum atomic E-state index is -0.639. The monoisotopic (exact) mass is 520 g/mol. The van der Waals surface area contributed by atoms with E-state index in [4.69, 9.17) is 28.4 Å². The highest BCUT2D eigenvalue weighted by Crippen LogP contribution is 2.35. The minimum Gasteiger partial charge on any atom is -0.396 e. The molecule has 2 fully saturated rings. The van der Waals surface area contributed by atoms with Crippen LogP contribution < -0.4 is 0 Å². The fourth-order valence-corrected chi connectivity index (χ4v) is 4.67. The largest absolute Gasteiger partial charge is 0.396 e. The van der Waals surface area contributed by atoms with Crippen molar-refractivity contribution in [3.05, 3.63) is 108 Å². The van der Waals surface area contributed by atoms with Gasteiger partial charge in [-0.25, -0.2) is 0 Å². The van der Waals surface area contributed by atoms with Crippen molar-refractivity contribution < 1.29 is 33.5 Å². The molecule has 2 heterocycles. The SMILES string of the molecule is OCC1(COCC2(COCc3ccccc3)COC(c3ccccc3)OC2)COC(c2ccccc2)OC1. The molecule has 7 nitrogen and oxygen atoms in total. The van der Waals surface area contributed by atoms with Crippen LogP contribution in [0.15, 0.2) is 91.0 Å². The summed E-state index contributed by atoms with van der Waals surface area (Å²) in [6, 6.07) is 29.8. The Morgan fingerprint density at radius 3 is 1.50 bits per heavy atom. The highest BCUT2D eigenvalue weighted by Gasteiger charge is 2.41. The molecule has 3 aromatic rings. The summed E-state index contributed by atoms with van der Waals surface area (Å²) in [5.41, 5.74) is 1.92. The highest BCUT2D eigenvalue weighted by atomic mass is 16.7. The molecule has 38 heavy (non-hydrogen) atoms. The second-order valence-electron chi connectivity index (χ2n) is 10.4. The number of benzene rings is 3. The summed E-state index contributed by atoms with van der Waals surface area (Å²) in [4.78, 5) is 0. The van der Waals surface area contributed by atoms with E-state index in [-0.39, 0.29) is 13.2 Å². The minimum absolute atomic E-state index is 0.102. The Morgan fingerprint density at radius 1 is 0.579 bits per heavy atom. The lowest BCUT2D eigenvalue weighted by Gasteiger charge is -2.42. The summed E-state index contributed by atoms with van der Waals surface area (Å²) < 4.78 is 36.6. The lowest BCUT2D eigenvalue weighted by molar-refractivity contribution is -0.269. The maximum Gasteiger partial charge on any atom is 0.183 e. The Labute approximate surface area is 224 Å². The summed E-state index contributed by atoms with van der Waals surface area (Å²) >= 11 is 0. The van der Waals surface area contributed by atoms with Crippen molar-refractivity contribution in [1.29, 1.82) is 0 Å². The van der Waals surface area contributed by atoms with Crippen molar-refractivity contribution in [2.75, 3.05) is 52.9 Å². The van der Waals surface area contributed by atoms with Gasteiger partial charge in [0.1, 0.15) is 0 Å². The Morgan fingerprint density at radius 2 is 1.00 bits per heavy atom. The van der Waals surface area contributed by atoms with Gasteiger partial charge >= 0.3 is 0 Å². The predicted molar refractivity (Wildman–Crippen MR) is 141 cm³/mol. The van der Waals surface area contributed by atoms with E-state index < -0.39 is 23.4 Å². The number of ether oxygens (including phenoxy) is 6. The molecule has 0 atom stereocenters. The second-order valence-corrected chi connectivity index (χ2v) is 10.4. The molecule has 0 spiro atoms. The molecule has 0 bridgehead atoms. The van der Waals surface area contributed by atoms with Gasteiger partial charge < -0.3 is 33.5 Å². The molecule has 7 heteroatoms. The molecule has 0 saturated carbocycles. The molecule has 202 valence electrons. The van der Waals surface area contributed by atoms with E-state index in [9.17, 15) is 5.11 Å². The fourth-order valence-electron chi connectivity index (χ4n) is 4.67. The maximum absolute atomic E-state index is 10.2. The molecule has 0 radical (unpaired) electrons. The van der Waals surface area contributed by atoms with Gasteiger partial charge in [0.05, 0.1) is 70.3 Å². The molecule has 2 saturated heterocycles. The van der Waals surface area contributed by atoms with Crippen LogP contribution >= 0.6 is 0 Å². The van der Waals surface area contributed by atoms with Crippen LogP contribution in [0.3, 0.4) is 0 Å². The van der Waals surface area contributed by atoms with Gasteiger partial charge in [0.25, 0.3) is 0 Å². The smallest absolute Gasteiger partial charge is 0.183 e. The van der Waals surface area contributed by atoms with Crippen molar-refractivity contribution in [3.63, 3.8) is 0 Å². The summed E-state index contributed by atoms with van der Waals surface area (Å²) in [5.74, 6) is 0. The lowest BCUT2D eigenvalue weighted by atomic mass is 9.89. The van der Waals surface area contributed by atoms with Gasteiger partial charge in [0.2, 0.25) is 0 Å². The van der Waals surface area contributed by atoms with Crippen molar-refractivity contribution in [1.82, 2.24) is 0 Å². The van der Waals surface area contributed by atoms with Gasteiger partial charge in [-0.15, -0.1) is 0 Å². The molecule has 5 rings (SSSR count). The first-order valence-corrected chi connectivity index (χ1v) is 13.1. The molecular weight excluding hydrogens is 484 g/mol. The summed E-state index contributed by atoms with van der Waals surface area (Å²) in [6.07, 6.45) is -0.860. The topological polar surface area (TPSA) is 75.6 Å². The van der Waals surface area contributed by atoms with E-state index in [0.29, 0.717) is 46.2 Å². The number of aliphatic hydroxyl groups is 1. The van der Waals surface area contributed by atoms with E-state index in [1.54, 1.807) is 0 Å². The molecular formula is C31H36O7. The van der Waals surface area contributed by atoms with Crippen molar-refractivity contribution >= 4 is 0 Å². The fraction of sp³-hybridized carbons (Fsp3) is 0.419. The zero-order valence-corrected chi connectivity index (χ0v) is 21.6. The van der Waals surface area contributed by atoms with E-state index in [0.717, 1.165) is 16.7 Å². The summed E-state index contributed by atoms with van der Waals surface area (Å²) in [6.45, 7) is 2.97. The quantitative estimate of drug-likeness (QED) is 0.394. The number of hydrogen-bond donors (Lipinski definition) is 1. The summed E-state index contributed by atoms with van der Waals surface area (Å²) in [5, 5.41) is 10.2. The first-order chi connectivity index (χ1) is 18.7. The van der Waals surface area contributed by atoms with Crippen LogP contribution in [0.25, 0.3) is 0 Å². The normalized spacial score (nSPS) is 27.7. The molecule has 0 unspecified atom stereocenters. The van der Waals surface area contributed by atoms with Gasteiger partial charge in [0.15, 0.2) is 12.6 Å². The van der Waals surface area contributed by atoms with E-state index in [1.807, 2.05) is 91.0 Å². The van der Waals surface area contributed by atoms with Crippen molar-refractivity contribution in [2.24, 2.45) is 10.8 Å². The first kappa shape index (κ1) is 27.0. The molecule has 1 N–H and O–H groups in total. The molecule has 0 amide bonds. The Kier molecular flexibility index (Phi) is 9.19. The van der Waals surface area contributed by atoms with Crippen LogP contribution in [-0.4, -0.2) is 58.0 Å². The van der Waals surface area contributed by atoms with Crippen LogP contribution in [-0.2, 0) is 35.0 Å². The third-order valence-corrected chi connectivity index (χ3v) is 6.98. The van der Waals surface area contributed by atoms with Gasteiger partial charge in [-0.05, 0) is 5.56 Å². The highest BCUT2D eigenvalue weighted by molar-refractivity contribution is 5.17. The molecule has 0 aliphatic carbocycles. The molecule has 0 aromatic heterocycles. The number of rotatable bonds is 11. The van der Waals surface area contributed by atoms with Crippen LogP contribution in [0.4, 0.5) is 0 Å². The van der Waals surface area contributed by atoms with E-state index in [1.165, 1.54) is 0 Å². The standard InChI is InChI=1S/C31H36O7/c32-17-30(21-35-28(36-22-30)26-12-6-2-7-13-26)18-34-20-31(19-33-16-25-10-4-1-5-11-25)23-37-29(38-24-31)27-14-8-3-9-15-27/h1-15,28-29,32H,16-24H2. The summed E-state index contributed by atoms with van der Waals surface area (Å²) in [7, 11) is 0. The molecule has 2 aliphatic rings. The second kappa shape index (κ2) is 13.0. The maximum atomic E-state index is 10.2. The average Bonchev–Trinajstić information content (AvgIpc) is 2.99. The van der Waals surface area contributed by atoms with Gasteiger partial charge in [-0.2, -0.15) is 0 Å². The third-order valence-electron chi connectivity index (χ3n) is 6.98. The van der Waals surface area contributed by atoms with E-state index >= 15 is 0 Å². The Balaban J connectivity index is 1.18. The number of hydrogen-bond acceptors (Lipinski definition) is 7. The first-order valence-electron chi connectivity index (χ1n) is 13.1. The zero-order valence-electron chi connectivity index (χ0n) is 21.6. The third kappa shape index (κ3) is 6.87. The van der Waals surface area contributed by atoms with E-state index in [2.05, 4.69) is 0 Å². The predicted octanol–water partition coefficient (Wildman–Crippen LogP) is 4.68.